The molecule has 0 bridgehead atoms. The van der Waals surface area contributed by atoms with E-state index in [1.807, 2.05) is 24.3 Å². The zero-order valence-corrected chi connectivity index (χ0v) is 13.4. The number of ether oxygens (including phenoxy) is 1. The normalized spacial score (nSPS) is 12.1. The van der Waals surface area contributed by atoms with Gasteiger partial charge in [-0.3, -0.25) is 0 Å². The van der Waals surface area contributed by atoms with Crippen molar-refractivity contribution < 1.29 is 4.74 Å². The van der Waals surface area contributed by atoms with Crippen LogP contribution in [0.1, 0.15) is 30.5 Å². The minimum atomic E-state index is 0.303. The summed E-state index contributed by atoms with van der Waals surface area (Å²) in [6, 6.07) is 16.7. The molecule has 1 atom stereocenters. The van der Waals surface area contributed by atoms with E-state index in [1.165, 1.54) is 11.1 Å². The van der Waals surface area contributed by atoms with Crippen molar-refractivity contribution in [3.63, 3.8) is 0 Å². The lowest BCUT2D eigenvalue weighted by atomic mass is 9.98. The Hall–Kier alpha value is -1.51. The number of rotatable bonds is 7. The molecule has 0 aliphatic heterocycles. The predicted molar refractivity (Wildman–Crippen MR) is 89.2 cm³/mol. The summed E-state index contributed by atoms with van der Waals surface area (Å²) in [6.07, 6.45) is 2.07. The molecule has 2 rings (SSSR count). The summed E-state index contributed by atoms with van der Waals surface area (Å²) >= 11 is 5.95. The Labute approximate surface area is 132 Å². The van der Waals surface area contributed by atoms with Crippen LogP contribution in [0, 0.1) is 0 Å². The first-order valence-electron chi connectivity index (χ1n) is 7.34. The van der Waals surface area contributed by atoms with Crippen molar-refractivity contribution in [1.82, 2.24) is 5.32 Å². The highest BCUT2D eigenvalue weighted by molar-refractivity contribution is 6.30. The topological polar surface area (TPSA) is 21.3 Å². The van der Waals surface area contributed by atoms with E-state index in [4.69, 9.17) is 16.3 Å². The van der Waals surface area contributed by atoms with Crippen molar-refractivity contribution in [2.45, 2.75) is 25.8 Å². The second-order valence-corrected chi connectivity index (χ2v) is 5.55. The molecule has 0 saturated heterocycles. The minimum Gasteiger partial charge on any atom is -0.497 e. The highest BCUT2D eigenvalue weighted by Crippen LogP contribution is 2.22. The summed E-state index contributed by atoms with van der Waals surface area (Å²) < 4.78 is 5.23. The average Bonchev–Trinajstić information content (AvgIpc) is 2.53. The van der Waals surface area contributed by atoms with Crippen molar-refractivity contribution in [1.29, 1.82) is 0 Å². The number of methoxy groups -OCH3 is 1. The van der Waals surface area contributed by atoms with Crippen LogP contribution in [-0.4, -0.2) is 13.7 Å². The van der Waals surface area contributed by atoms with Crippen LogP contribution < -0.4 is 10.1 Å². The summed E-state index contributed by atoms with van der Waals surface area (Å²) in [4.78, 5) is 0. The lowest BCUT2D eigenvalue weighted by Crippen LogP contribution is -2.24. The van der Waals surface area contributed by atoms with E-state index in [-0.39, 0.29) is 0 Å². The molecule has 0 spiro atoms. The zero-order valence-electron chi connectivity index (χ0n) is 12.6. The van der Waals surface area contributed by atoms with Crippen LogP contribution in [0.4, 0.5) is 0 Å². The Kier molecular flexibility index (Phi) is 6.09. The van der Waals surface area contributed by atoms with Gasteiger partial charge in [0.25, 0.3) is 0 Å². The van der Waals surface area contributed by atoms with Crippen LogP contribution in [0.25, 0.3) is 0 Å². The van der Waals surface area contributed by atoms with Crippen LogP contribution in [0.15, 0.2) is 48.5 Å². The van der Waals surface area contributed by atoms with Crippen molar-refractivity contribution in [3.05, 3.63) is 64.7 Å². The molecular formula is C18H22ClNO. The van der Waals surface area contributed by atoms with Gasteiger partial charge in [0, 0.05) is 11.1 Å². The van der Waals surface area contributed by atoms with Crippen molar-refractivity contribution in [3.8, 4) is 5.75 Å². The molecule has 3 heteroatoms. The highest BCUT2D eigenvalue weighted by atomic mass is 35.5. The lowest BCUT2D eigenvalue weighted by molar-refractivity contribution is 0.414. The number of nitrogens with one attached hydrogen (secondary N) is 1. The zero-order chi connectivity index (χ0) is 15.1. The fourth-order valence-corrected chi connectivity index (χ4v) is 2.44. The van der Waals surface area contributed by atoms with E-state index in [9.17, 15) is 0 Å². The van der Waals surface area contributed by atoms with Gasteiger partial charge in [0.05, 0.1) is 7.11 Å². The molecule has 2 aromatic carbocycles. The van der Waals surface area contributed by atoms with Crippen LogP contribution in [-0.2, 0) is 6.42 Å². The molecule has 0 heterocycles. The van der Waals surface area contributed by atoms with Crippen LogP contribution >= 0.6 is 11.6 Å². The summed E-state index contributed by atoms with van der Waals surface area (Å²) in [7, 11) is 1.69. The first-order chi connectivity index (χ1) is 10.2. The monoisotopic (exact) mass is 303 g/mol. The van der Waals surface area contributed by atoms with Crippen molar-refractivity contribution >= 4 is 11.6 Å². The Morgan fingerprint density at radius 3 is 2.29 bits per heavy atom. The second kappa shape index (κ2) is 8.06. The molecule has 112 valence electrons. The predicted octanol–water partition coefficient (Wildman–Crippen LogP) is 4.63. The molecule has 21 heavy (non-hydrogen) atoms. The molecule has 0 saturated carbocycles. The van der Waals surface area contributed by atoms with E-state index in [0.29, 0.717) is 6.04 Å². The molecule has 2 aromatic rings. The smallest absolute Gasteiger partial charge is 0.118 e. The van der Waals surface area contributed by atoms with Gasteiger partial charge >= 0.3 is 0 Å². The largest absolute Gasteiger partial charge is 0.497 e. The van der Waals surface area contributed by atoms with Gasteiger partial charge < -0.3 is 10.1 Å². The van der Waals surface area contributed by atoms with Gasteiger partial charge in [-0.05, 0) is 54.8 Å². The Bertz CT molecular complexity index is 536. The number of hydrogen-bond donors (Lipinski definition) is 1. The Balaban J connectivity index is 2.14. The third-order valence-electron chi connectivity index (χ3n) is 3.51. The fraction of sp³-hybridized carbons (Fsp3) is 0.333. The van der Waals surface area contributed by atoms with Gasteiger partial charge in [-0.25, -0.2) is 0 Å². The molecule has 0 amide bonds. The summed E-state index contributed by atoms with van der Waals surface area (Å²) in [5, 5.41) is 4.39. The Morgan fingerprint density at radius 2 is 1.71 bits per heavy atom. The summed E-state index contributed by atoms with van der Waals surface area (Å²) in [5.74, 6) is 0.888. The molecule has 1 unspecified atom stereocenters. The molecule has 0 radical (unpaired) electrons. The standard InChI is InChI=1S/C18H22ClNO/c1-3-12-20-18(13-14-4-8-16(19)9-5-14)15-6-10-17(21-2)11-7-15/h4-11,18,20H,3,12-13H2,1-2H3. The van der Waals surface area contributed by atoms with E-state index in [2.05, 4.69) is 36.5 Å². The lowest BCUT2D eigenvalue weighted by Gasteiger charge is -2.19. The van der Waals surface area contributed by atoms with Gasteiger partial charge in [-0.2, -0.15) is 0 Å². The minimum absolute atomic E-state index is 0.303. The molecule has 1 N–H and O–H groups in total. The number of hydrogen-bond acceptors (Lipinski definition) is 2. The molecule has 0 aliphatic carbocycles. The van der Waals surface area contributed by atoms with Gasteiger partial charge in [-0.1, -0.05) is 42.8 Å². The first kappa shape index (κ1) is 15.9. The van der Waals surface area contributed by atoms with Crippen LogP contribution in [0.3, 0.4) is 0 Å². The van der Waals surface area contributed by atoms with E-state index < -0.39 is 0 Å². The highest BCUT2D eigenvalue weighted by Gasteiger charge is 2.11. The fourth-order valence-electron chi connectivity index (χ4n) is 2.32. The number of halogens is 1. The second-order valence-electron chi connectivity index (χ2n) is 5.11. The van der Waals surface area contributed by atoms with Crippen molar-refractivity contribution in [2.24, 2.45) is 0 Å². The van der Waals surface area contributed by atoms with E-state index in [0.717, 1.165) is 30.2 Å². The Morgan fingerprint density at radius 1 is 1.05 bits per heavy atom. The number of benzene rings is 2. The van der Waals surface area contributed by atoms with E-state index in [1.54, 1.807) is 7.11 Å². The average molecular weight is 304 g/mol. The third-order valence-corrected chi connectivity index (χ3v) is 3.76. The van der Waals surface area contributed by atoms with Crippen LogP contribution in [0.5, 0.6) is 5.75 Å². The molecule has 0 aliphatic rings. The van der Waals surface area contributed by atoms with Gasteiger partial charge in [0.15, 0.2) is 0 Å². The molecule has 0 aromatic heterocycles. The maximum atomic E-state index is 5.95. The van der Waals surface area contributed by atoms with Gasteiger partial charge in [0.1, 0.15) is 5.75 Å². The SMILES string of the molecule is CCCNC(Cc1ccc(Cl)cc1)c1ccc(OC)cc1. The summed E-state index contributed by atoms with van der Waals surface area (Å²) in [6.45, 7) is 3.19. The third kappa shape index (κ3) is 4.76. The quantitative estimate of drug-likeness (QED) is 0.805. The molecular weight excluding hydrogens is 282 g/mol. The van der Waals surface area contributed by atoms with Gasteiger partial charge in [-0.15, -0.1) is 0 Å². The maximum absolute atomic E-state index is 5.95. The van der Waals surface area contributed by atoms with Gasteiger partial charge in [0.2, 0.25) is 0 Å². The molecule has 2 nitrogen and oxygen atoms in total. The van der Waals surface area contributed by atoms with Crippen LogP contribution in [0.2, 0.25) is 5.02 Å². The maximum Gasteiger partial charge on any atom is 0.118 e. The van der Waals surface area contributed by atoms with E-state index >= 15 is 0 Å². The molecule has 0 fully saturated rings. The first-order valence-corrected chi connectivity index (χ1v) is 7.72. The van der Waals surface area contributed by atoms with Crippen molar-refractivity contribution in [2.75, 3.05) is 13.7 Å². The summed E-state index contributed by atoms with van der Waals surface area (Å²) in [5.41, 5.74) is 2.56.